The Labute approximate surface area is 164 Å². The second kappa shape index (κ2) is 7.68. The van der Waals surface area contributed by atoms with Gasteiger partial charge in [-0.1, -0.05) is 18.2 Å². The predicted octanol–water partition coefficient (Wildman–Crippen LogP) is 4.13. The SMILES string of the molecule is COc1ccc(NC(=O)c2cc(N3CCCc4ccccc43)nc(C)n2)cc1. The lowest BCUT2D eigenvalue weighted by Crippen LogP contribution is -2.26. The fourth-order valence-corrected chi connectivity index (χ4v) is 3.45. The first kappa shape index (κ1) is 18.0. The largest absolute Gasteiger partial charge is 0.497 e. The second-order valence-electron chi connectivity index (χ2n) is 6.73. The normalized spacial score (nSPS) is 13.0. The van der Waals surface area contributed by atoms with Gasteiger partial charge in [-0.3, -0.25) is 4.79 Å². The molecule has 0 fully saturated rings. The second-order valence-corrected chi connectivity index (χ2v) is 6.73. The van der Waals surface area contributed by atoms with Crippen LogP contribution in [0.15, 0.2) is 54.6 Å². The molecule has 1 aliphatic heterocycles. The third-order valence-corrected chi connectivity index (χ3v) is 4.79. The molecule has 0 bridgehead atoms. The summed E-state index contributed by atoms with van der Waals surface area (Å²) in [7, 11) is 1.61. The van der Waals surface area contributed by atoms with Gasteiger partial charge in [0.1, 0.15) is 23.1 Å². The van der Waals surface area contributed by atoms with Gasteiger partial charge < -0.3 is 15.0 Å². The van der Waals surface area contributed by atoms with Gasteiger partial charge in [0, 0.05) is 24.0 Å². The Hall–Kier alpha value is -3.41. The maximum absolute atomic E-state index is 12.8. The molecule has 0 saturated heterocycles. The zero-order valence-corrected chi connectivity index (χ0v) is 16.0. The van der Waals surface area contributed by atoms with Gasteiger partial charge in [-0.05, 0) is 55.7 Å². The summed E-state index contributed by atoms with van der Waals surface area (Å²) in [4.78, 5) is 23.8. The lowest BCUT2D eigenvalue weighted by molar-refractivity contribution is 0.102. The van der Waals surface area contributed by atoms with Crippen molar-refractivity contribution in [2.24, 2.45) is 0 Å². The average molecular weight is 374 g/mol. The van der Waals surface area contributed by atoms with E-state index in [9.17, 15) is 4.79 Å². The fraction of sp³-hybridized carbons (Fsp3) is 0.227. The van der Waals surface area contributed by atoms with Gasteiger partial charge in [0.05, 0.1) is 7.11 Å². The molecule has 1 aliphatic rings. The molecule has 0 unspecified atom stereocenters. The highest BCUT2D eigenvalue weighted by Crippen LogP contribution is 2.32. The summed E-state index contributed by atoms with van der Waals surface area (Å²) in [5, 5.41) is 2.88. The van der Waals surface area contributed by atoms with Crippen molar-refractivity contribution >= 4 is 23.1 Å². The minimum atomic E-state index is -0.262. The van der Waals surface area contributed by atoms with Crippen molar-refractivity contribution in [2.45, 2.75) is 19.8 Å². The van der Waals surface area contributed by atoms with Crippen molar-refractivity contribution in [3.8, 4) is 5.75 Å². The van der Waals surface area contributed by atoms with Crippen LogP contribution < -0.4 is 15.0 Å². The smallest absolute Gasteiger partial charge is 0.274 e. The molecular formula is C22H22N4O2. The number of ether oxygens (including phenoxy) is 1. The third-order valence-electron chi connectivity index (χ3n) is 4.79. The highest BCUT2D eigenvalue weighted by molar-refractivity contribution is 6.03. The number of hydrogen-bond donors (Lipinski definition) is 1. The molecule has 2 aromatic carbocycles. The Morgan fingerprint density at radius 1 is 1.11 bits per heavy atom. The summed E-state index contributed by atoms with van der Waals surface area (Å²) >= 11 is 0. The summed E-state index contributed by atoms with van der Waals surface area (Å²) < 4.78 is 5.15. The predicted molar refractivity (Wildman–Crippen MR) is 109 cm³/mol. The number of para-hydroxylation sites is 1. The molecule has 4 rings (SSSR count). The zero-order chi connectivity index (χ0) is 19.5. The lowest BCUT2D eigenvalue weighted by Gasteiger charge is -2.30. The Morgan fingerprint density at radius 3 is 2.68 bits per heavy atom. The number of aryl methyl sites for hydroxylation is 2. The summed E-state index contributed by atoms with van der Waals surface area (Å²) in [5.74, 6) is 1.80. The number of nitrogens with one attached hydrogen (secondary N) is 1. The van der Waals surface area contributed by atoms with Gasteiger partial charge in [0.2, 0.25) is 0 Å². The van der Waals surface area contributed by atoms with E-state index in [1.807, 2.05) is 13.0 Å². The standard InChI is InChI=1S/C22H22N4O2/c1-15-23-19(22(27)25-17-9-11-18(28-2)12-10-17)14-21(24-15)26-13-5-7-16-6-3-4-8-20(16)26/h3-4,6,8-12,14H,5,7,13H2,1-2H3,(H,25,27). The van der Waals surface area contributed by atoms with Crippen LogP contribution in [0.5, 0.6) is 5.75 Å². The molecule has 142 valence electrons. The van der Waals surface area contributed by atoms with Gasteiger partial charge in [-0.2, -0.15) is 0 Å². The topological polar surface area (TPSA) is 67.3 Å². The Balaban J connectivity index is 1.61. The molecule has 1 amide bonds. The van der Waals surface area contributed by atoms with Crippen LogP contribution in [0.2, 0.25) is 0 Å². The monoisotopic (exact) mass is 374 g/mol. The van der Waals surface area contributed by atoms with E-state index in [0.717, 1.165) is 36.6 Å². The summed E-state index contributed by atoms with van der Waals surface area (Å²) in [6, 6.07) is 17.3. The molecule has 6 nitrogen and oxygen atoms in total. The molecular weight excluding hydrogens is 352 g/mol. The minimum absolute atomic E-state index is 0.262. The van der Waals surface area contributed by atoms with E-state index in [2.05, 4.69) is 38.4 Å². The number of methoxy groups -OCH3 is 1. The van der Waals surface area contributed by atoms with Gasteiger partial charge in [-0.25, -0.2) is 9.97 Å². The van der Waals surface area contributed by atoms with Crippen LogP contribution in [0.1, 0.15) is 28.3 Å². The lowest BCUT2D eigenvalue weighted by atomic mass is 10.0. The molecule has 0 atom stereocenters. The number of aromatic nitrogens is 2. The number of carbonyl (C=O) groups is 1. The first-order chi connectivity index (χ1) is 13.6. The number of benzene rings is 2. The molecule has 0 radical (unpaired) electrons. The van der Waals surface area contributed by atoms with Gasteiger partial charge in [-0.15, -0.1) is 0 Å². The quantitative estimate of drug-likeness (QED) is 0.744. The molecule has 0 saturated carbocycles. The first-order valence-corrected chi connectivity index (χ1v) is 9.30. The van der Waals surface area contributed by atoms with E-state index in [0.29, 0.717) is 17.2 Å². The minimum Gasteiger partial charge on any atom is -0.497 e. The number of amides is 1. The van der Waals surface area contributed by atoms with Gasteiger partial charge in [0.15, 0.2) is 0 Å². The van der Waals surface area contributed by atoms with Crippen molar-refractivity contribution in [3.05, 3.63) is 71.7 Å². The highest BCUT2D eigenvalue weighted by Gasteiger charge is 2.21. The van der Waals surface area contributed by atoms with E-state index in [1.54, 1.807) is 37.4 Å². The number of fused-ring (bicyclic) bond motifs is 1. The first-order valence-electron chi connectivity index (χ1n) is 9.30. The van der Waals surface area contributed by atoms with Crippen LogP contribution in [-0.4, -0.2) is 29.5 Å². The molecule has 1 aromatic heterocycles. The van der Waals surface area contributed by atoms with Gasteiger partial charge >= 0.3 is 0 Å². The summed E-state index contributed by atoms with van der Waals surface area (Å²) in [6.45, 7) is 2.68. The number of nitrogens with zero attached hydrogens (tertiary/aromatic N) is 3. The Bertz CT molecular complexity index is 1000. The van der Waals surface area contributed by atoms with Crippen molar-refractivity contribution in [3.63, 3.8) is 0 Å². The molecule has 3 aromatic rings. The van der Waals surface area contributed by atoms with Crippen LogP contribution in [0.3, 0.4) is 0 Å². The third kappa shape index (κ3) is 3.67. The van der Waals surface area contributed by atoms with Gasteiger partial charge in [0.25, 0.3) is 5.91 Å². The van der Waals surface area contributed by atoms with Crippen molar-refractivity contribution in [2.75, 3.05) is 23.9 Å². The molecule has 6 heteroatoms. The van der Waals surface area contributed by atoms with Crippen LogP contribution >= 0.6 is 0 Å². The van der Waals surface area contributed by atoms with E-state index in [1.165, 1.54) is 5.56 Å². The van der Waals surface area contributed by atoms with E-state index in [4.69, 9.17) is 4.74 Å². The van der Waals surface area contributed by atoms with Crippen molar-refractivity contribution in [1.29, 1.82) is 0 Å². The fourth-order valence-electron chi connectivity index (χ4n) is 3.45. The maximum Gasteiger partial charge on any atom is 0.274 e. The highest BCUT2D eigenvalue weighted by atomic mass is 16.5. The molecule has 1 N–H and O–H groups in total. The van der Waals surface area contributed by atoms with E-state index >= 15 is 0 Å². The molecule has 28 heavy (non-hydrogen) atoms. The zero-order valence-electron chi connectivity index (χ0n) is 16.0. The molecule has 0 aliphatic carbocycles. The number of anilines is 3. The van der Waals surface area contributed by atoms with Crippen LogP contribution in [0.4, 0.5) is 17.2 Å². The van der Waals surface area contributed by atoms with Crippen LogP contribution in [-0.2, 0) is 6.42 Å². The molecule has 2 heterocycles. The number of carbonyl (C=O) groups excluding carboxylic acids is 1. The molecule has 0 spiro atoms. The average Bonchev–Trinajstić information content (AvgIpc) is 2.73. The van der Waals surface area contributed by atoms with Crippen LogP contribution in [0, 0.1) is 6.92 Å². The van der Waals surface area contributed by atoms with E-state index < -0.39 is 0 Å². The van der Waals surface area contributed by atoms with Crippen molar-refractivity contribution in [1.82, 2.24) is 9.97 Å². The summed E-state index contributed by atoms with van der Waals surface area (Å²) in [5.41, 5.74) is 3.48. The Morgan fingerprint density at radius 2 is 1.89 bits per heavy atom. The number of rotatable bonds is 4. The number of hydrogen-bond acceptors (Lipinski definition) is 5. The Kier molecular flexibility index (Phi) is 4.93. The van der Waals surface area contributed by atoms with E-state index in [-0.39, 0.29) is 5.91 Å². The summed E-state index contributed by atoms with van der Waals surface area (Å²) in [6.07, 6.45) is 2.11. The van der Waals surface area contributed by atoms with Crippen LogP contribution in [0.25, 0.3) is 0 Å². The maximum atomic E-state index is 12.8. The van der Waals surface area contributed by atoms with Crippen molar-refractivity contribution < 1.29 is 9.53 Å².